The number of rotatable bonds is 2. The third-order valence-corrected chi connectivity index (χ3v) is 2.24. The summed E-state index contributed by atoms with van der Waals surface area (Å²) in [6.45, 7) is 0. The van der Waals surface area contributed by atoms with E-state index in [-0.39, 0.29) is 6.42 Å². The molecule has 0 unspecified atom stereocenters. The summed E-state index contributed by atoms with van der Waals surface area (Å²) in [6, 6.07) is 5.20. The standard InChI is InChI=1S/C9H6INO3/c10-9-11-6-3-5(4-8(12)13)1-2-7(6)14-9/h1-3H,4H2,(H,12,13). The van der Waals surface area contributed by atoms with E-state index >= 15 is 0 Å². The van der Waals surface area contributed by atoms with Crippen LogP contribution in [-0.4, -0.2) is 16.1 Å². The van der Waals surface area contributed by atoms with Crippen LogP contribution in [0.4, 0.5) is 0 Å². The van der Waals surface area contributed by atoms with Crippen LogP contribution in [0.3, 0.4) is 0 Å². The molecule has 0 aliphatic heterocycles. The zero-order chi connectivity index (χ0) is 10.1. The fraction of sp³-hybridized carbons (Fsp3) is 0.111. The summed E-state index contributed by atoms with van der Waals surface area (Å²) >= 11 is 1.98. The van der Waals surface area contributed by atoms with E-state index in [1.807, 2.05) is 22.6 Å². The van der Waals surface area contributed by atoms with Crippen molar-refractivity contribution in [3.05, 3.63) is 27.7 Å². The second-order valence-corrected chi connectivity index (χ2v) is 3.76. The van der Waals surface area contributed by atoms with Crippen molar-refractivity contribution >= 4 is 39.7 Å². The minimum absolute atomic E-state index is 0.0133. The maximum absolute atomic E-state index is 10.5. The van der Waals surface area contributed by atoms with Crippen LogP contribution in [0.2, 0.25) is 0 Å². The average molecular weight is 303 g/mol. The Kier molecular flexibility index (Phi) is 2.40. The number of hydrogen-bond donors (Lipinski definition) is 1. The SMILES string of the molecule is O=C(O)Cc1ccc2oc(I)nc2c1. The normalized spacial score (nSPS) is 10.6. The van der Waals surface area contributed by atoms with Gasteiger partial charge in [-0.2, -0.15) is 0 Å². The van der Waals surface area contributed by atoms with E-state index in [4.69, 9.17) is 9.52 Å². The van der Waals surface area contributed by atoms with Crippen molar-refractivity contribution in [1.29, 1.82) is 0 Å². The molecule has 0 spiro atoms. The van der Waals surface area contributed by atoms with E-state index in [0.717, 1.165) is 5.56 Å². The minimum atomic E-state index is -0.845. The summed E-state index contributed by atoms with van der Waals surface area (Å²) in [6.07, 6.45) is 0.0133. The average Bonchev–Trinajstić information content (AvgIpc) is 2.42. The van der Waals surface area contributed by atoms with E-state index in [0.29, 0.717) is 15.0 Å². The van der Waals surface area contributed by atoms with E-state index in [1.54, 1.807) is 18.2 Å². The molecule has 1 heterocycles. The molecule has 72 valence electrons. The summed E-state index contributed by atoms with van der Waals surface area (Å²) in [7, 11) is 0. The van der Waals surface area contributed by atoms with Crippen molar-refractivity contribution in [3.8, 4) is 0 Å². The molecule has 0 bridgehead atoms. The Balaban J connectivity index is 2.45. The summed E-state index contributed by atoms with van der Waals surface area (Å²) < 4.78 is 5.82. The number of fused-ring (bicyclic) bond motifs is 1. The Bertz CT molecular complexity index is 492. The van der Waals surface area contributed by atoms with E-state index in [2.05, 4.69) is 4.98 Å². The summed E-state index contributed by atoms with van der Waals surface area (Å²) in [5.41, 5.74) is 2.12. The van der Waals surface area contributed by atoms with Gasteiger partial charge in [0.2, 0.25) is 0 Å². The number of benzene rings is 1. The number of carbonyl (C=O) groups is 1. The van der Waals surface area contributed by atoms with Crippen LogP contribution in [0.1, 0.15) is 5.56 Å². The molecule has 0 aliphatic carbocycles. The van der Waals surface area contributed by atoms with Crippen LogP contribution in [0.25, 0.3) is 11.1 Å². The lowest BCUT2D eigenvalue weighted by atomic mass is 10.1. The number of hydrogen-bond acceptors (Lipinski definition) is 3. The van der Waals surface area contributed by atoms with Gasteiger partial charge in [-0.1, -0.05) is 6.07 Å². The molecule has 0 atom stereocenters. The first-order valence-corrected chi connectivity index (χ1v) is 5.00. The molecule has 5 heteroatoms. The Hall–Kier alpha value is -1.11. The zero-order valence-corrected chi connectivity index (χ0v) is 9.19. The smallest absolute Gasteiger partial charge is 0.307 e. The predicted molar refractivity (Wildman–Crippen MR) is 58.1 cm³/mol. The highest BCUT2D eigenvalue weighted by Crippen LogP contribution is 2.18. The molecule has 0 fully saturated rings. The van der Waals surface area contributed by atoms with Crippen LogP contribution in [0.5, 0.6) is 0 Å². The molecular formula is C9H6INO3. The van der Waals surface area contributed by atoms with Gasteiger partial charge in [-0.15, -0.1) is 0 Å². The second-order valence-electron chi connectivity index (χ2n) is 2.84. The maximum atomic E-state index is 10.5. The highest BCUT2D eigenvalue weighted by Gasteiger charge is 2.05. The minimum Gasteiger partial charge on any atom is -0.481 e. The van der Waals surface area contributed by atoms with Gasteiger partial charge in [0.05, 0.1) is 6.42 Å². The van der Waals surface area contributed by atoms with E-state index < -0.39 is 5.97 Å². The van der Waals surface area contributed by atoms with Gasteiger partial charge in [0.25, 0.3) is 3.90 Å². The van der Waals surface area contributed by atoms with Crippen LogP contribution in [-0.2, 0) is 11.2 Å². The molecule has 0 amide bonds. The monoisotopic (exact) mass is 303 g/mol. The Morgan fingerprint density at radius 3 is 3.07 bits per heavy atom. The van der Waals surface area contributed by atoms with Gasteiger partial charge in [-0.05, 0) is 17.7 Å². The number of aromatic nitrogens is 1. The zero-order valence-electron chi connectivity index (χ0n) is 7.03. The van der Waals surface area contributed by atoms with Crippen LogP contribution in [0.15, 0.2) is 22.6 Å². The highest BCUT2D eigenvalue weighted by atomic mass is 127. The largest absolute Gasteiger partial charge is 0.481 e. The van der Waals surface area contributed by atoms with Crippen LogP contribution in [0, 0.1) is 3.90 Å². The lowest BCUT2D eigenvalue weighted by Crippen LogP contribution is -1.99. The molecule has 2 rings (SSSR count). The van der Waals surface area contributed by atoms with Crippen LogP contribution >= 0.6 is 22.6 Å². The van der Waals surface area contributed by atoms with E-state index in [9.17, 15) is 4.79 Å². The number of carboxylic acid groups (broad SMARTS) is 1. The van der Waals surface area contributed by atoms with Crippen molar-refractivity contribution in [2.45, 2.75) is 6.42 Å². The Labute approximate surface area is 93.1 Å². The molecule has 1 aromatic carbocycles. The summed E-state index contributed by atoms with van der Waals surface area (Å²) in [5.74, 6) is -0.845. The lowest BCUT2D eigenvalue weighted by molar-refractivity contribution is -0.136. The van der Waals surface area contributed by atoms with Gasteiger partial charge in [-0.3, -0.25) is 4.79 Å². The Morgan fingerprint density at radius 2 is 2.36 bits per heavy atom. The fourth-order valence-electron chi connectivity index (χ4n) is 1.23. The molecule has 0 saturated heterocycles. The van der Waals surface area contributed by atoms with Gasteiger partial charge >= 0.3 is 5.97 Å². The van der Waals surface area contributed by atoms with Gasteiger partial charge in [0.15, 0.2) is 5.58 Å². The molecule has 14 heavy (non-hydrogen) atoms. The maximum Gasteiger partial charge on any atom is 0.307 e. The molecule has 1 N–H and O–H groups in total. The molecule has 0 radical (unpaired) electrons. The number of carboxylic acids is 1. The van der Waals surface area contributed by atoms with Crippen LogP contribution < -0.4 is 0 Å². The Morgan fingerprint density at radius 1 is 1.57 bits per heavy atom. The van der Waals surface area contributed by atoms with Crippen molar-refractivity contribution in [1.82, 2.24) is 4.98 Å². The summed E-state index contributed by atoms with van der Waals surface area (Å²) in [5, 5.41) is 8.60. The first-order chi connectivity index (χ1) is 6.65. The third-order valence-electron chi connectivity index (χ3n) is 1.78. The fourth-order valence-corrected chi connectivity index (χ4v) is 1.73. The van der Waals surface area contributed by atoms with Gasteiger partial charge in [-0.25, -0.2) is 4.98 Å². The number of halogens is 1. The molecule has 0 aliphatic rings. The number of oxazole rings is 1. The molecule has 4 nitrogen and oxygen atoms in total. The third kappa shape index (κ3) is 1.87. The predicted octanol–water partition coefficient (Wildman–Crippen LogP) is 2.06. The van der Waals surface area contributed by atoms with Crippen molar-refractivity contribution in [2.24, 2.45) is 0 Å². The van der Waals surface area contributed by atoms with E-state index in [1.165, 1.54) is 0 Å². The first kappa shape index (κ1) is 9.45. The quantitative estimate of drug-likeness (QED) is 0.863. The topological polar surface area (TPSA) is 63.3 Å². The summed E-state index contributed by atoms with van der Waals surface area (Å²) in [4.78, 5) is 14.6. The van der Waals surface area contributed by atoms with Gasteiger partial charge in [0, 0.05) is 22.6 Å². The van der Waals surface area contributed by atoms with Gasteiger partial charge in [0.1, 0.15) is 5.52 Å². The number of nitrogens with zero attached hydrogens (tertiary/aromatic N) is 1. The molecule has 1 aromatic heterocycles. The van der Waals surface area contributed by atoms with Crippen molar-refractivity contribution in [3.63, 3.8) is 0 Å². The van der Waals surface area contributed by atoms with Crippen molar-refractivity contribution in [2.75, 3.05) is 0 Å². The first-order valence-electron chi connectivity index (χ1n) is 3.92. The number of aliphatic carboxylic acids is 1. The van der Waals surface area contributed by atoms with Gasteiger partial charge < -0.3 is 9.52 Å². The molecule has 2 aromatic rings. The highest BCUT2D eigenvalue weighted by molar-refractivity contribution is 14.1. The lowest BCUT2D eigenvalue weighted by Gasteiger charge is -1.94. The van der Waals surface area contributed by atoms with Crippen molar-refractivity contribution < 1.29 is 14.3 Å². The molecular weight excluding hydrogens is 297 g/mol. The second kappa shape index (κ2) is 3.56. The molecule has 0 saturated carbocycles.